The molecule has 4 heterocycles. The van der Waals surface area contributed by atoms with E-state index in [0.717, 1.165) is 69.6 Å². The fourth-order valence-corrected chi connectivity index (χ4v) is 7.40. The molecule has 2 fully saturated rings. The number of piperidine rings is 2. The van der Waals surface area contributed by atoms with Crippen LogP contribution in [0.3, 0.4) is 0 Å². The van der Waals surface area contributed by atoms with Crippen LogP contribution in [-0.2, 0) is 23.0 Å². The number of aryl methyl sites for hydroxylation is 1. The summed E-state index contributed by atoms with van der Waals surface area (Å²) in [5.74, 6) is 2.25. The molecule has 0 saturated carbocycles. The Hall–Kier alpha value is -2.26. The van der Waals surface area contributed by atoms with Crippen LogP contribution < -0.4 is 0 Å². The lowest BCUT2D eigenvalue weighted by atomic mass is 9.96. The minimum Gasteiger partial charge on any atom is -0.338 e. The molecule has 184 valence electrons. The third kappa shape index (κ3) is 4.52. The van der Waals surface area contributed by atoms with Gasteiger partial charge in [-0.2, -0.15) is 4.31 Å². The smallest absolute Gasteiger partial charge is 0.253 e. The molecule has 2 aromatic rings. The van der Waals surface area contributed by atoms with E-state index < -0.39 is 10.0 Å². The average molecular weight is 486 g/mol. The molecule has 0 bridgehead atoms. The van der Waals surface area contributed by atoms with E-state index in [2.05, 4.69) is 14.8 Å². The Morgan fingerprint density at radius 1 is 0.912 bits per heavy atom. The van der Waals surface area contributed by atoms with Gasteiger partial charge in [0, 0.05) is 50.1 Å². The molecule has 3 aliphatic rings. The monoisotopic (exact) mass is 485 g/mol. The van der Waals surface area contributed by atoms with Crippen LogP contribution in [0.4, 0.5) is 0 Å². The lowest BCUT2D eigenvalue weighted by Gasteiger charge is -2.33. The predicted octanol–water partition coefficient (Wildman–Crippen LogP) is 3.59. The van der Waals surface area contributed by atoms with Crippen LogP contribution in [-0.4, -0.2) is 64.0 Å². The van der Waals surface area contributed by atoms with Gasteiger partial charge in [0.1, 0.15) is 11.6 Å². The van der Waals surface area contributed by atoms with Crippen LogP contribution in [0.2, 0.25) is 0 Å². The van der Waals surface area contributed by atoms with Gasteiger partial charge in [-0.05, 0) is 69.7 Å². The zero-order valence-electron chi connectivity index (χ0n) is 20.0. The number of likely N-dealkylation sites (tertiary alicyclic amines) is 1. The SMILES string of the molecule is C[C@@H]1CCCCN1S(=O)(=O)c1ccc(C(=O)N2CCC[C@@H](c3nnc4n3CCCCC4)C2)cc1. The van der Waals surface area contributed by atoms with Crippen molar-refractivity contribution in [3.63, 3.8) is 0 Å². The molecule has 2 saturated heterocycles. The first kappa shape index (κ1) is 23.5. The fraction of sp³-hybridized carbons (Fsp3) is 0.640. The summed E-state index contributed by atoms with van der Waals surface area (Å²) in [7, 11) is -3.54. The molecule has 3 aliphatic heterocycles. The number of benzene rings is 1. The van der Waals surface area contributed by atoms with Crippen molar-refractivity contribution < 1.29 is 13.2 Å². The van der Waals surface area contributed by atoms with Gasteiger partial charge in [0.15, 0.2) is 0 Å². The average Bonchev–Trinajstić information content (AvgIpc) is 3.12. The molecule has 0 unspecified atom stereocenters. The first-order chi connectivity index (χ1) is 16.4. The molecule has 1 aromatic heterocycles. The molecule has 9 heteroatoms. The summed E-state index contributed by atoms with van der Waals surface area (Å²) in [6.45, 7) is 4.83. The molecule has 8 nitrogen and oxygen atoms in total. The van der Waals surface area contributed by atoms with Gasteiger partial charge in [0.2, 0.25) is 10.0 Å². The molecule has 0 spiro atoms. The van der Waals surface area contributed by atoms with Crippen LogP contribution in [0.5, 0.6) is 0 Å². The number of hydrogen-bond donors (Lipinski definition) is 0. The van der Waals surface area contributed by atoms with Crippen molar-refractivity contribution in [3.05, 3.63) is 41.5 Å². The van der Waals surface area contributed by atoms with Crippen LogP contribution in [0.15, 0.2) is 29.2 Å². The Labute approximate surface area is 202 Å². The molecule has 1 amide bonds. The molecule has 1 aromatic carbocycles. The lowest BCUT2D eigenvalue weighted by Crippen LogP contribution is -2.42. The topological polar surface area (TPSA) is 88.4 Å². The van der Waals surface area contributed by atoms with Crippen molar-refractivity contribution in [1.29, 1.82) is 0 Å². The van der Waals surface area contributed by atoms with Crippen molar-refractivity contribution in [2.75, 3.05) is 19.6 Å². The maximum atomic E-state index is 13.3. The van der Waals surface area contributed by atoms with Crippen LogP contribution in [0, 0.1) is 0 Å². The predicted molar refractivity (Wildman–Crippen MR) is 129 cm³/mol. The first-order valence-electron chi connectivity index (χ1n) is 12.8. The van der Waals surface area contributed by atoms with Crippen molar-refractivity contribution >= 4 is 15.9 Å². The summed E-state index contributed by atoms with van der Waals surface area (Å²) in [6.07, 6.45) is 9.30. The highest BCUT2D eigenvalue weighted by Gasteiger charge is 2.32. The number of carbonyl (C=O) groups excluding carboxylic acids is 1. The van der Waals surface area contributed by atoms with Crippen LogP contribution in [0.1, 0.15) is 86.2 Å². The van der Waals surface area contributed by atoms with Crippen LogP contribution in [0.25, 0.3) is 0 Å². The maximum Gasteiger partial charge on any atom is 0.253 e. The normalized spacial score (nSPS) is 24.4. The van der Waals surface area contributed by atoms with E-state index >= 15 is 0 Å². The highest BCUT2D eigenvalue weighted by molar-refractivity contribution is 7.89. The van der Waals surface area contributed by atoms with Gasteiger partial charge in [0.25, 0.3) is 5.91 Å². The molecule has 0 N–H and O–H groups in total. The minimum absolute atomic E-state index is 0.0116. The summed E-state index contributed by atoms with van der Waals surface area (Å²) in [5.41, 5.74) is 0.534. The molecule has 5 rings (SSSR count). The second-order valence-electron chi connectivity index (χ2n) is 10.0. The second-order valence-corrected chi connectivity index (χ2v) is 11.9. The van der Waals surface area contributed by atoms with E-state index in [1.54, 1.807) is 28.6 Å². The van der Waals surface area contributed by atoms with Gasteiger partial charge in [-0.25, -0.2) is 8.42 Å². The van der Waals surface area contributed by atoms with E-state index in [-0.39, 0.29) is 22.8 Å². The number of nitrogens with zero attached hydrogens (tertiary/aromatic N) is 5. The number of fused-ring (bicyclic) bond motifs is 1. The van der Waals surface area contributed by atoms with E-state index in [1.165, 1.54) is 6.42 Å². The summed E-state index contributed by atoms with van der Waals surface area (Å²) in [4.78, 5) is 15.5. The van der Waals surface area contributed by atoms with Gasteiger partial charge in [-0.3, -0.25) is 4.79 Å². The molecule has 2 atom stereocenters. The molecule has 0 radical (unpaired) electrons. The Morgan fingerprint density at radius 2 is 1.71 bits per heavy atom. The Kier molecular flexibility index (Phi) is 6.75. The van der Waals surface area contributed by atoms with Crippen LogP contribution >= 0.6 is 0 Å². The van der Waals surface area contributed by atoms with Gasteiger partial charge < -0.3 is 9.47 Å². The number of carbonyl (C=O) groups is 1. The largest absolute Gasteiger partial charge is 0.338 e. The van der Waals surface area contributed by atoms with Gasteiger partial charge in [-0.15, -0.1) is 10.2 Å². The molecular formula is C25H35N5O3S. The minimum atomic E-state index is -3.54. The van der Waals surface area contributed by atoms with Gasteiger partial charge in [0.05, 0.1) is 4.90 Å². The lowest BCUT2D eigenvalue weighted by molar-refractivity contribution is 0.0703. The van der Waals surface area contributed by atoms with E-state index in [0.29, 0.717) is 25.2 Å². The quantitative estimate of drug-likeness (QED) is 0.660. The first-order valence-corrected chi connectivity index (χ1v) is 14.2. The van der Waals surface area contributed by atoms with Crippen molar-refractivity contribution in [2.45, 2.75) is 88.1 Å². The third-order valence-corrected chi connectivity index (χ3v) is 9.69. The van der Waals surface area contributed by atoms with E-state index in [1.807, 2.05) is 11.8 Å². The molecule has 34 heavy (non-hydrogen) atoms. The molecule has 0 aliphatic carbocycles. The number of sulfonamides is 1. The van der Waals surface area contributed by atoms with Gasteiger partial charge in [-0.1, -0.05) is 12.8 Å². The fourth-order valence-electron chi connectivity index (χ4n) is 5.70. The highest BCUT2D eigenvalue weighted by Crippen LogP contribution is 2.29. The molecular weight excluding hydrogens is 450 g/mol. The Morgan fingerprint density at radius 3 is 2.50 bits per heavy atom. The van der Waals surface area contributed by atoms with Crippen molar-refractivity contribution in [3.8, 4) is 0 Å². The highest BCUT2D eigenvalue weighted by atomic mass is 32.2. The zero-order valence-corrected chi connectivity index (χ0v) is 20.8. The summed E-state index contributed by atoms with van der Waals surface area (Å²) in [6, 6.07) is 6.51. The summed E-state index contributed by atoms with van der Waals surface area (Å²) < 4.78 is 30.1. The van der Waals surface area contributed by atoms with E-state index in [4.69, 9.17) is 0 Å². The second kappa shape index (κ2) is 9.77. The Bertz CT molecular complexity index is 1130. The maximum absolute atomic E-state index is 13.3. The number of amides is 1. The van der Waals surface area contributed by atoms with E-state index in [9.17, 15) is 13.2 Å². The van der Waals surface area contributed by atoms with Gasteiger partial charge >= 0.3 is 0 Å². The number of aromatic nitrogens is 3. The summed E-state index contributed by atoms with van der Waals surface area (Å²) >= 11 is 0. The number of hydrogen-bond acceptors (Lipinski definition) is 5. The zero-order chi connectivity index (χ0) is 23.7. The van der Waals surface area contributed by atoms with Crippen molar-refractivity contribution in [2.24, 2.45) is 0 Å². The standard InChI is InChI=1S/C25H35N5O3S/c1-19-8-4-6-17-30(19)34(32,33)22-13-11-20(12-14-22)25(31)28-15-7-9-21(18-28)24-27-26-23-10-3-2-5-16-29(23)24/h11-14,19,21H,2-10,15-18H2,1H3/t19-,21-/m1/s1. The van der Waals surface area contributed by atoms with Crippen molar-refractivity contribution in [1.82, 2.24) is 24.0 Å². The number of rotatable bonds is 4. The third-order valence-electron chi connectivity index (χ3n) is 7.66. The summed E-state index contributed by atoms with van der Waals surface area (Å²) in [5, 5.41) is 8.97. The Balaban J connectivity index is 1.30.